The number of nitrogens with zero attached hydrogens (tertiary/aromatic N) is 4. The summed E-state index contributed by atoms with van der Waals surface area (Å²) in [4.78, 5) is 4.09. The van der Waals surface area contributed by atoms with Gasteiger partial charge in [0.2, 0.25) is 5.13 Å². The van der Waals surface area contributed by atoms with Gasteiger partial charge in [-0.1, -0.05) is 26.8 Å². The van der Waals surface area contributed by atoms with Crippen LogP contribution in [0.2, 0.25) is 0 Å². The van der Waals surface area contributed by atoms with Crippen LogP contribution < -0.4 is 0 Å². The van der Waals surface area contributed by atoms with Crippen LogP contribution in [0.3, 0.4) is 0 Å². The summed E-state index contributed by atoms with van der Waals surface area (Å²) in [5.41, 5.74) is 1.53. The maximum atomic E-state index is 9.80. The van der Waals surface area contributed by atoms with Crippen molar-refractivity contribution in [2.75, 3.05) is 0 Å². The van der Waals surface area contributed by atoms with Gasteiger partial charge >= 0.3 is 0 Å². The van der Waals surface area contributed by atoms with Gasteiger partial charge in [0.1, 0.15) is 17.3 Å². The Bertz CT molecular complexity index is 613. The Balaban J connectivity index is 2.32. The molecule has 0 radical (unpaired) electrons. The molecule has 5 nitrogen and oxygen atoms in total. The molecule has 0 atom stereocenters. The van der Waals surface area contributed by atoms with Crippen molar-refractivity contribution in [1.82, 2.24) is 9.36 Å². The molecule has 2 aromatic rings. The zero-order chi connectivity index (χ0) is 14.0. The summed E-state index contributed by atoms with van der Waals surface area (Å²) >= 11 is 1.18. The van der Waals surface area contributed by atoms with Gasteiger partial charge in [0, 0.05) is 11.5 Å². The van der Waals surface area contributed by atoms with Crippen molar-refractivity contribution in [3.63, 3.8) is 0 Å². The molecule has 0 bridgehead atoms. The summed E-state index contributed by atoms with van der Waals surface area (Å²) in [5, 5.41) is 18.3. The zero-order valence-corrected chi connectivity index (χ0v) is 12.2. The number of rotatable bonds is 2. The zero-order valence-electron chi connectivity index (χ0n) is 11.4. The maximum absolute atomic E-state index is 9.80. The molecule has 0 aliphatic heterocycles. The SMILES string of the molecule is Cc1nsc(N=Nc2cc(C(C)(C)C)ccc2O)n1. The highest BCUT2D eigenvalue weighted by Gasteiger charge is 2.15. The summed E-state index contributed by atoms with van der Waals surface area (Å²) in [7, 11) is 0. The molecule has 1 heterocycles. The molecule has 0 aliphatic rings. The standard InChI is InChI=1S/C13H16N4OS/c1-8-14-12(19-17-8)16-15-10-7-9(13(2,3)4)5-6-11(10)18/h5-7,18H,1-4H3. The van der Waals surface area contributed by atoms with Crippen molar-refractivity contribution in [1.29, 1.82) is 0 Å². The molecule has 0 unspecified atom stereocenters. The summed E-state index contributed by atoms with van der Waals surface area (Å²) in [6.45, 7) is 8.12. The lowest BCUT2D eigenvalue weighted by molar-refractivity contribution is 0.475. The minimum absolute atomic E-state index is 0.00268. The van der Waals surface area contributed by atoms with E-state index in [9.17, 15) is 5.11 Å². The predicted molar refractivity (Wildman–Crippen MR) is 75.6 cm³/mol. The lowest BCUT2D eigenvalue weighted by Gasteiger charge is -2.19. The van der Waals surface area contributed by atoms with Crippen LogP contribution in [-0.2, 0) is 5.41 Å². The fraction of sp³-hybridized carbons (Fsp3) is 0.385. The molecule has 0 spiro atoms. The largest absolute Gasteiger partial charge is 0.506 e. The number of phenols is 1. The first-order valence-corrected chi connectivity index (χ1v) is 6.69. The molecule has 0 aliphatic carbocycles. The molecule has 0 amide bonds. The first-order chi connectivity index (χ1) is 8.86. The second kappa shape index (κ2) is 5.05. The van der Waals surface area contributed by atoms with E-state index < -0.39 is 0 Å². The van der Waals surface area contributed by atoms with Gasteiger partial charge in [-0.3, -0.25) is 0 Å². The Kier molecular flexibility index (Phi) is 3.61. The molecule has 6 heteroatoms. The second-order valence-corrected chi connectivity index (χ2v) is 6.01. The number of aryl methyl sites for hydroxylation is 1. The van der Waals surface area contributed by atoms with E-state index in [1.165, 1.54) is 11.5 Å². The quantitative estimate of drug-likeness (QED) is 0.833. The van der Waals surface area contributed by atoms with Crippen LogP contribution in [-0.4, -0.2) is 14.5 Å². The fourth-order valence-electron chi connectivity index (χ4n) is 1.49. The minimum atomic E-state index is -0.00268. The topological polar surface area (TPSA) is 70.7 Å². The monoisotopic (exact) mass is 276 g/mol. The van der Waals surface area contributed by atoms with E-state index in [0.29, 0.717) is 16.6 Å². The van der Waals surface area contributed by atoms with Crippen molar-refractivity contribution < 1.29 is 5.11 Å². The third-order valence-electron chi connectivity index (χ3n) is 2.60. The normalized spacial score (nSPS) is 12.2. The molecule has 1 aromatic carbocycles. The third kappa shape index (κ3) is 3.35. The number of phenolic OH excluding ortho intramolecular Hbond substituents is 1. The molecule has 0 saturated heterocycles. The molecule has 0 fully saturated rings. The van der Waals surface area contributed by atoms with Crippen molar-refractivity contribution in [3.8, 4) is 5.75 Å². The van der Waals surface area contributed by atoms with Crippen molar-refractivity contribution in [2.24, 2.45) is 10.2 Å². The first-order valence-electron chi connectivity index (χ1n) is 5.92. The minimum Gasteiger partial charge on any atom is -0.506 e. The van der Waals surface area contributed by atoms with Crippen molar-refractivity contribution in [3.05, 3.63) is 29.6 Å². The van der Waals surface area contributed by atoms with Gasteiger partial charge < -0.3 is 5.11 Å². The van der Waals surface area contributed by atoms with Gasteiger partial charge in [-0.15, -0.1) is 10.2 Å². The molecule has 1 N–H and O–H groups in total. The summed E-state index contributed by atoms with van der Waals surface area (Å²) in [6, 6.07) is 5.37. The number of hydrogen-bond acceptors (Lipinski definition) is 6. The van der Waals surface area contributed by atoms with Crippen LogP contribution in [0.15, 0.2) is 28.4 Å². The Labute approximate surface area is 116 Å². The van der Waals surface area contributed by atoms with Crippen molar-refractivity contribution in [2.45, 2.75) is 33.1 Å². The average molecular weight is 276 g/mol. The fourth-order valence-corrected chi connectivity index (χ4v) is 2.00. The number of azo groups is 1. The maximum Gasteiger partial charge on any atom is 0.249 e. The van der Waals surface area contributed by atoms with E-state index >= 15 is 0 Å². The molecular formula is C13H16N4OS. The first kappa shape index (κ1) is 13.6. The van der Waals surface area contributed by atoms with Gasteiger partial charge in [0.05, 0.1) is 0 Å². The van der Waals surface area contributed by atoms with Crippen molar-refractivity contribution >= 4 is 22.4 Å². The second-order valence-electron chi connectivity index (χ2n) is 5.28. The summed E-state index contributed by atoms with van der Waals surface area (Å²) in [6.07, 6.45) is 0. The highest BCUT2D eigenvalue weighted by Crippen LogP contribution is 2.33. The number of aromatic nitrogens is 2. The lowest BCUT2D eigenvalue weighted by Crippen LogP contribution is -2.10. The predicted octanol–water partition coefficient (Wildman–Crippen LogP) is 4.27. The average Bonchev–Trinajstić information content (AvgIpc) is 2.72. The summed E-state index contributed by atoms with van der Waals surface area (Å²) < 4.78 is 4.02. The Morgan fingerprint density at radius 1 is 1.21 bits per heavy atom. The number of hydrogen-bond donors (Lipinski definition) is 1. The molecule has 2 rings (SSSR count). The smallest absolute Gasteiger partial charge is 0.249 e. The van der Waals surface area contributed by atoms with Crippen LogP contribution >= 0.6 is 11.5 Å². The van der Waals surface area contributed by atoms with Gasteiger partial charge in [-0.25, -0.2) is 4.98 Å². The Morgan fingerprint density at radius 3 is 2.53 bits per heavy atom. The van der Waals surface area contributed by atoms with E-state index in [1.807, 2.05) is 12.1 Å². The van der Waals surface area contributed by atoms with Gasteiger partial charge in [-0.05, 0) is 30.0 Å². The number of aromatic hydroxyl groups is 1. The van der Waals surface area contributed by atoms with Crippen LogP contribution in [0.1, 0.15) is 32.2 Å². The summed E-state index contributed by atoms with van der Waals surface area (Å²) in [5.74, 6) is 0.782. The molecule has 100 valence electrons. The van der Waals surface area contributed by atoms with E-state index in [-0.39, 0.29) is 11.2 Å². The molecule has 1 aromatic heterocycles. The highest BCUT2D eigenvalue weighted by atomic mass is 32.1. The van der Waals surface area contributed by atoms with E-state index in [4.69, 9.17) is 0 Å². The van der Waals surface area contributed by atoms with Crippen LogP contribution in [0.25, 0.3) is 0 Å². The van der Waals surface area contributed by atoms with Crippen LogP contribution in [0, 0.1) is 6.92 Å². The van der Waals surface area contributed by atoms with E-state index in [2.05, 4.69) is 40.4 Å². The number of benzene rings is 1. The van der Waals surface area contributed by atoms with E-state index in [0.717, 1.165) is 5.56 Å². The highest BCUT2D eigenvalue weighted by molar-refractivity contribution is 7.09. The van der Waals surface area contributed by atoms with Crippen LogP contribution in [0.4, 0.5) is 10.8 Å². The van der Waals surface area contributed by atoms with Gasteiger partial charge in [-0.2, -0.15) is 4.37 Å². The molecular weight excluding hydrogens is 260 g/mol. The van der Waals surface area contributed by atoms with Gasteiger partial charge in [0.25, 0.3) is 0 Å². The lowest BCUT2D eigenvalue weighted by atomic mass is 9.87. The van der Waals surface area contributed by atoms with E-state index in [1.54, 1.807) is 13.0 Å². The molecule has 19 heavy (non-hydrogen) atoms. The Hall–Kier alpha value is -1.82. The Morgan fingerprint density at radius 2 is 1.95 bits per heavy atom. The third-order valence-corrected chi connectivity index (χ3v) is 3.29. The molecule has 0 saturated carbocycles. The van der Waals surface area contributed by atoms with Gasteiger partial charge in [0.15, 0.2) is 0 Å². The van der Waals surface area contributed by atoms with Crippen LogP contribution in [0.5, 0.6) is 5.75 Å².